The third-order valence-electron chi connectivity index (χ3n) is 4.39. The van der Waals surface area contributed by atoms with Gasteiger partial charge in [-0.3, -0.25) is 4.79 Å². The smallest absolute Gasteiger partial charge is 0.350 e. The first-order chi connectivity index (χ1) is 14.1. The van der Waals surface area contributed by atoms with E-state index in [0.29, 0.717) is 21.8 Å². The van der Waals surface area contributed by atoms with Gasteiger partial charge in [0, 0.05) is 15.4 Å². The molecule has 0 spiro atoms. The van der Waals surface area contributed by atoms with E-state index in [1.165, 1.54) is 18.4 Å². The number of carbonyl (C=O) groups is 2. The average Bonchev–Trinajstić information content (AvgIpc) is 3.21. The summed E-state index contributed by atoms with van der Waals surface area (Å²) in [5.41, 5.74) is 3.23. The molecule has 0 saturated carbocycles. The fourth-order valence-electron chi connectivity index (χ4n) is 2.98. The van der Waals surface area contributed by atoms with Gasteiger partial charge in [-0.1, -0.05) is 46.3 Å². The summed E-state index contributed by atoms with van der Waals surface area (Å²) in [4.78, 5) is 30.1. The topological polar surface area (TPSA) is 68.3 Å². The highest BCUT2D eigenvalue weighted by Gasteiger charge is 2.19. The van der Waals surface area contributed by atoms with Crippen molar-refractivity contribution in [1.29, 1.82) is 0 Å². The van der Waals surface area contributed by atoms with Crippen molar-refractivity contribution in [3.8, 4) is 11.3 Å². The van der Waals surface area contributed by atoms with Crippen LogP contribution >= 0.6 is 27.3 Å². The van der Waals surface area contributed by atoms with Crippen molar-refractivity contribution in [1.82, 2.24) is 4.98 Å². The number of amides is 1. The van der Waals surface area contributed by atoms with Gasteiger partial charge >= 0.3 is 5.97 Å². The number of pyridine rings is 1. The minimum Gasteiger partial charge on any atom is -0.465 e. The summed E-state index contributed by atoms with van der Waals surface area (Å²) in [5, 5.41) is 5.31. The number of nitrogens with one attached hydrogen (secondary N) is 1. The lowest BCUT2D eigenvalue weighted by molar-refractivity contribution is 0.0607. The summed E-state index contributed by atoms with van der Waals surface area (Å²) in [6, 6.07) is 18.7. The normalized spacial score (nSPS) is 10.7. The zero-order chi connectivity index (χ0) is 20.4. The number of ether oxygens (including phenoxy) is 1. The number of thiophene rings is 1. The van der Waals surface area contributed by atoms with Crippen LogP contribution < -0.4 is 5.32 Å². The minimum absolute atomic E-state index is 0.314. The molecule has 29 heavy (non-hydrogen) atoms. The quantitative estimate of drug-likeness (QED) is 0.388. The number of para-hydroxylation sites is 1. The van der Waals surface area contributed by atoms with Crippen molar-refractivity contribution in [2.24, 2.45) is 0 Å². The summed E-state index contributed by atoms with van der Waals surface area (Å²) in [5.74, 6) is -0.795. The van der Waals surface area contributed by atoms with Gasteiger partial charge in [0.15, 0.2) is 0 Å². The molecule has 0 aliphatic rings. The van der Waals surface area contributed by atoms with E-state index in [-0.39, 0.29) is 5.91 Å². The number of fused-ring (bicyclic) bond motifs is 1. The maximum absolute atomic E-state index is 13.1. The molecule has 2 heterocycles. The Morgan fingerprint density at radius 3 is 2.59 bits per heavy atom. The number of rotatable bonds is 4. The Morgan fingerprint density at radius 2 is 1.83 bits per heavy atom. The van der Waals surface area contributed by atoms with Crippen LogP contribution in [0, 0.1) is 0 Å². The highest BCUT2D eigenvalue weighted by molar-refractivity contribution is 9.10. The van der Waals surface area contributed by atoms with Crippen molar-refractivity contribution in [2.75, 3.05) is 12.4 Å². The van der Waals surface area contributed by atoms with Gasteiger partial charge in [0.25, 0.3) is 5.91 Å². The van der Waals surface area contributed by atoms with Gasteiger partial charge in [0.05, 0.1) is 29.6 Å². The molecule has 0 radical (unpaired) electrons. The molecule has 0 aliphatic carbocycles. The second-order valence-corrected chi connectivity index (χ2v) is 8.02. The summed E-state index contributed by atoms with van der Waals surface area (Å²) in [6.07, 6.45) is 0. The van der Waals surface area contributed by atoms with Crippen molar-refractivity contribution >= 4 is 55.7 Å². The highest BCUT2D eigenvalue weighted by Crippen LogP contribution is 2.28. The molecular formula is C22H15BrN2O3S. The van der Waals surface area contributed by atoms with Crippen LogP contribution in [0.5, 0.6) is 0 Å². The highest BCUT2D eigenvalue weighted by atomic mass is 79.9. The molecule has 0 fully saturated rings. The first kappa shape index (κ1) is 19.3. The molecular weight excluding hydrogens is 452 g/mol. The van der Waals surface area contributed by atoms with Crippen LogP contribution in [-0.2, 0) is 4.74 Å². The number of hydrogen-bond acceptors (Lipinski definition) is 5. The number of benzene rings is 2. The number of nitrogens with zero attached hydrogens (tertiary/aromatic N) is 1. The number of hydrogen-bond donors (Lipinski definition) is 1. The summed E-state index contributed by atoms with van der Waals surface area (Å²) in [6.45, 7) is 0. The molecule has 1 N–H and O–H groups in total. The van der Waals surface area contributed by atoms with E-state index in [1.54, 1.807) is 17.5 Å². The van der Waals surface area contributed by atoms with Crippen LogP contribution in [0.25, 0.3) is 22.2 Å². The fraction of sp³-hybridized carbons (Fsp3) is 0.0455. The molecule has 7 heteroatoms. The first-order valence-electron chi connectivity index (χ1n) is 8.69. The lowest BCUT2D eigenvalue weighted by Gasteiger charge is -2.11. The zero-order valence-corrected chi connectivity index (χ0v) is 17.7. The van der Waals surface area contributed by atoms with E-state index in [9.17, 15) is 9.59 Å². The standard InChI is InChI=1S/C22H15BrN2O3S/c1-28-22(27)20-18(10-11-29-20)25-21(26)16-12-19(13-6-8-14(23)9-7-13)24-17-5-3-2-4-15(16)17/h2-12H,1H3,(H,25,26). The van der Waals surface area contributed by atoms with Crippen LogP contribution in [0.15, 0.2) is 70.5 Å². The second-order valence-electron chi connectivity index (χ2n) is 6.19. The lowest BCUT2D eigenvalue weighted by Crippen LogP contribution is -2.15. The molecule has 0 bridgehead atoms. The van der Waals surface area contributed by atoms with Crippen LogP contribution in [0.3, 0.4) is 0 Å². The Kier molecular flexibility index (Phi) is 5.42. The van der Waals surface area contributed by atoms with Gasteiger partial charge in [-0.25, -0.2) is 9.78 Å². The summed E-state index contributed by atoms with van der Waals surface area (Å²) < 4.78 is 5.75. The summed E-state index contributed by atoms with van der Waals surface area (Å²) >= 11 is 4.65. The average molecular weight is 467 g/mol. The van der Waals surface area contributed by atoms with Crippen LogP contribution in [0.1, 0.15) is 20.0 Å². The van der Waals surface area contributed by atoms with E-state index in [4.69, 9.17) is 9.72 Å². The lowest BCUT2D eigenvalue weighted by atomic mass is 10.0. The van der Waals surface area contributed by atoms with Crippen LogP contribution in [-0.4, -0.2) is 24.0 Å². The number of anilines is 1. The van der Waals surface area contributed by atoms with E-state index >= 15 is 0 Å². The molecule has 1 amide bonds. The minimum atomic E-state index is -0.481. The molecule has 0 unspecified atom stereocenters. The van der Waals surface area contributed by atoms with Crippen molar-refractivity contribution in [3.63, 3.8) is 0 Å². The number of esters is 1. The second kappa shape index (κ2) is 8.14. The number of aromatic nitrogens is 1. The molecule has 2 aromatic heterocycles. The Hall–Kier alpha value is -3.03. The van der Waals surface area contributed by atoms with Gasteiger partial charge in [-0.05, 0) is 35.7 Å². The van der Waals surface area contributed by atoms with Crippen molar-refractivity contribution < 1.29 is 14.3 Å². The largest absolute Gasteiger partial charge is 0.465 e. The van der Waals surface area contributed by atoms with Crippen LogP contribution in [0.4, 0.5) is 5.69 Å². The fourth-order valence-corrected chi connectivity index (χ4v) is 4.01. The van der Waals surface area contributed by atoms with Gasteiger partial charge in [-0.2, -0.15) is 0 Å². The predicted molar refractivity (Wildman–Crippen MR) is 118 cm³/mol. The van der Waals surface area contributed by atoms with Gasteiger partial charge in [0.2, 0.25) is 0 Å². The zero-order valence-electron chi connectivity index (χ0n) is 15.3. The van der Waals surface area contributed by atoms with E-state index in [1.807, 2.05) is 48.5 Å². The Labute approximate surface area is 179 Å². The molecule has 2 aromatic carbocycles. The Morgan fingerprint density at radius 1 is 1.07 bits per heavy atom. The van der Waals surface area contributed by atoms with Crippen LogP contribution in [0.2, 0.25) is 0 Å². The van der Waals surface area contributed by atoms with Gasteiger partial charge < -0.3 is 10.1 Å². The summed E-state index contributed by atoms with van der Waals surface area (Å²) in [7, 11) is 1.31. The predicted octanol–water partition coefficient (Wildman–Crippen LogP) is 5.76. The van der Waals surface area contributed by atoms with E-state index < -0.39 is 5.97 Å². The van der Waals surface area contributed by atoms with Crippen molar-refractivity contribution in [3.05, 3.63) is 81.0 Å². The molecule has 0 saturated heterocycles. The van der Waals surface area contributed by atoms with Gasteiger partial charge in [0.1, 0.15) is 4.88 Å². The van der Waals surface area contributed by atoms with E-state index in [0.717, 1.165) is 20.9 Å². The van der Waals surface area contributed by atoms with Gasteiger partial charge in [-0.15, -0.1) is 11.3 Å². The molecule has 0 aliphatic heterocycles. The monoisotopic (exact) mass is 466 g/mol. The maximum atomic E-state index is 13.1. The molecule has 0 atom stereocenters. The Balaban J connectivity index is 1.78. The molecule has 144 valence electrons. The first-order valence-corrected chi connectivity index (χ1v) is 10.4. The third-order valence-corrected chi connectivity index (χ3v) is 5.81. The maximum Gasteiger partial charge on any atom is 0.350 e. The number of carbonyl (C=O) groups excluding carboxylic acids is 2. The molecule has 5 nitrogen and oxygen atoms in total. The molecule has 4 rings (SSSR count). The third kappa shape index (κ3) is 3.92. The molecule has 4 aromatic rings. The number of methoxy groups -OCH3 is 1. The van der Waals surface area contributed by atoms with E-state index in [2.05, 4.69) is 21.2 Å². The SMILES string of the molecule is COC(=O)c1sccc1NC(=O)c1cc(-c2ccc(Br)cc2)nc2ccccc12. The van der Waals surface area contributed by atoms with Crippen molar-refractivity contribution in [2.45, 2.75) is 0 Å². The number of halogens is 1. The Bertz CT molecular complexity index is 1220.